The second-order valence-electron chi connectivity index (χ2n) is 8.97. The lowest BCUT2D eigenvalue weighted by molar-refractivity contribution is -0.122. The van der Waals surface area contributed by atoms with Crippen molar-refractivity contribution in [1.82, 2.24) is 5.32 Å². The van der Waals surface area contributed by atoms with E-state index in [0.29, 0.717) is 45.5 Å². The number of anilines is 1. The zero-order valence-corrected chi connectivity index (χ0v) is 25.2. The first kappa shape index (κ1) is 28.6. The fourth-order valence-electron chi connectivity index (χ4n) is 3.96. The van der Waals surface area contributed by atoms with Gasteiger partial charge in [-0.1, -0.05) is 57.9 Å². The lowest BCUT2D eigenvalue weighted by Gasteiger charge is -2.26. The van der Waals surface area contributed by atoms with Crippen molar-refractivity contribution >= 4 is 73.1 Å². The average Bonchev–Trinajstić information content (AvgIpc) is 2.96. The Kier molecular flexibility index (Phi) is 8.87. The summed E-state index contributed by atoms with van der Waals surface area (Å²) >= 11 is 12.8. The van der Waals surface area contributed by atoms with Gasteiger partial charge in [0, 0.05) is 9.50 Å². The maximum atomic E-state index is 13.3. The topological polar surface area (TPSA) is 84.9 Å². The van der Waals surface area contributed by atoms with E-state index in [-0.39, 0.29) is 5.57 Å². The lowest BCUT2D eigenvalue weighted by Crippen LogP contribution is -2.54. The van der Waals surface area contributed by atoms with Gasteiger partial charge in [-0.05, 0) is 99.4 Å². The third-order valence-electron chi connectivity index (χ3n) is 6.09. The molecular weight excluding hydrogens is 676 g/mol. The van der Waals surface area contributed by atoms with Gasteiger partial charge in [0.25, 0.3) is 11.8 Å². The third-order valence-corrected chi connectivity index (χ3v) is 7.49. The van der Waals surface area contributed by atoms with Crippen molar-refractivity contribution in [3.63, 3.8) is 0 Å². The Balaban J connectivity index is 1.28. The number of amides is 4. The van der Waals surface area contributed by atoms with E-state index >= 15 is 0 Å². The van der Waals surface area contributed by atoms with E-state index in [1.165, 1.54) is 6.08 Å². The number of rotatable bonds is 8. The van der Waals surface area contributed by atoms with Crippen LogP contribution in [0.5, 0.6) is 11.5 Å². The molecule has 0 aromatic heterocycles. The maximum absolute atomic E-state index is 13.3. The van der Waals surface area contributed by atoms with Crippen LogP contribution in [0, 0.1) is 0 Å². The van der Waals surface area contributed by atoms with Gasteiger partial charge >= 0.3 is 6.03 Å². The SMILES string of the molecule is O=C1NC(=O)N(c2ccc(OCc3ccc(Br)cc3)cc2)C(=O)/C1=C/c1ccc(OCc2ccc(Cl)cc2)c(Br)c1. The number of benzene rings is 4. The minimum absolute atomic E-state index is 0.179. The number of carbonyl (C=O) groups excluding carboxylic acids is 3. The first-order valence-electron chi connectivity index (χ1n) is 12.3. The summed E-state index contributed by atoms with van der Waals surface area (Å²) in [6.45, 7) is 0.694. The summed E-state index contributed by atoms with van der Waals surface area (Å²) in [7, 11) is 0. The number of imide groups is 2. The summed E-state index contributed by atoms with van der Waals surface area (Å²) < 4.78 is 13.3. The van der Waals surface area contributed by atoms with Crippen LogP contribution in [0.2, 0.25) is 5.02 Å². The molecule has 0 aliphatic carbocycles. The molecule has 1 fully saturated rings. The summed E-state index contributed by atoms with van der Waals surface area (Å²) in [5.74, 6) is -0.358. The monoisotopic (exact) mass is 694 g/mol. The minimum Gasteiger partial charge on any atom is -0.489 e. The molecule has 1 aliphatic heterocycles. The number of hydrogen-bond acceptors (Lipinski definition) is 5. The van der Waals surface area contributed by atoms with Crippen LogP contribution in [0.3, 0.4) is 0 Å². The van der Waals surface area contributed by atoms with Crippen molar-refractivity contribution in [3.05, 3.63) is 127 Å². The van der Waals surface area contributed by atoms with Crippen LogP contribution in [0.15, 0.2) is 106 Å². The molecular formula is C31H21Br2ClN2O5. The molecule has 4 aromatic carbocycles. The smallest absolute Gasteiger partial charge is 0.335 e. The van der Waals surface area contributed by atoms with Crippen LogP contribution >= 0.6 is 43.5 Å². The highest BCUT2D eigenvalue weighted by molar-refractivity contribution is 9.10. The Bertz CT molecular complexity index is 1640. The quantitative estimate of drug-likeness (QED) is 0.151. The van der Waals surface area contributed by atoms with Crippen LogP contribution in [-0.4, -0.2) is 17.8 Å². The van der Waals surface area contributed by atoms with E-state index < -0.39 is 17.8 Å². The van der Waals surface area contributed by atoms with Crippen LogP contribution in [0.25, 0.3) is 6.08 Å². The Labute approximate surface area is 258 Å². The molecule has 1 heterocycles. The predicted molar refractivity (Wildman–Crippen MR) is 164 cm³/mol. The average molecular weight is 697 g/mol. The number of nitrogens with zero attached hydrogens (tertiary/aromatic N) is 1. The third kappa shape index (κ3) is 7.05. The first-order valence-corrected chi connectivity index (χ1v) is 14.3. The first-order chi connectivity index (χ1) is 19.8. The molecule has 0 bridgehead atoms. The largest absolute Gasteiger partial charge is 0.489 e. The van der Waals surface area contributed by atoms with Crippen molar-refractivity contribution in [3.8, 4) is 11.5 Å². The molecule has 4 aromatic rings. The Morgan fingerprint density at radius 3 is 2.07 bits per heavy atom. The van der Waals surface area contributed by atoms with Crippen molar-refractivity contribution in [2.75, 3.05) is 4.90 Å². The highest BCUT2D eigenvalue weighted by Gasteiger charge is 2.36. The van der Waals surface area contributed by atoms with Gasteiger partial charge in [0.2, 0.25) is 0 Å². The molecule has 41 heavy (non-hydrogen) atoms. The Morgan fingerprint density at radius 1 is 0.780 bits per heavy atom. The minimum atomic E-state index is -0.826. The number of urea groups is 1. The van der Waals surface area contributed by atoms with Crippen LogP contribution in [-0.2, 0) is 22.8 Å². The van der Waals surface area contributed by atoms with Gasteiger partial charge in [0.1, 0.15) is 30.3 Å². The van der Waals surface area contributed by atoms with Gasteiger partial charge in [-0.15, -0.1) is 0 Å². The second kappa shape index (κ2) is 12.7. The van der Waals surface area contributed by atoms with E-state index in [9.17, 15) is 14.4 Å². The number of halogens is 3. The van der Waals surface area contributed by atoms with Crippen LogP contribution in [0.4, 0.5) is 10.5 Å². The van der Waals surface area contributed by atoms with E-state index in [4.69, 9.17) is 21.1 Å². The molecule has 10 heteroatoms. The van der Waals surface area contributed by atoms with Gasteiger partial charge in [-0.25, -0.2) is 9.69 Å². The molecule has 5 rings (SSSR count). The molecule has 1 aliphatic rings. The summed E-state index contributed by atoms with van der Waals surface area (Å²) in [5, 5.41) is 2.89. The normalized spacial score (nSPS) is 14.3. The molecule has 0 atom stereocenters. The summed E-state index contributed by atoms with van der Waals surface area (Å²) in [6, 6.07) is 25.9. The zero-order valence-electron chi connectivity index (χ0n) is 21.3. The number of carbonyl (C=O) groups is 3. The van der Waals surface area contributed by atoms with Crippen LogP contribution < -0.4 is 19.7 Å². The second-order valence-corrected chi connectivity index (χ2v) is 11.2. The highest BCUT2D eigenvalue weighted by atomic mass is 79.9. The van der Waals surface area contributed by atoms with Gasteiger partial charge < -0.3 is 9.47 Å². The van der Waals surface area contributed by atoms with Crippen molar-refractivity contribution in [2.24, 2.45) is 0 Å². The maximum Gasteiger partial charge on any atom is 0.335 e. The molecule has 0 spiro atoms. The molecule has 4 amide bonds. The van der Waals surface area contributed by atoms with Gasteiger partial charge in [-0.2, -0.15) is 0 Å². The predicted octanol–water partition coefficient (Wildman–Crippen LogP) is 7.69. The highest BCUT2D eigenvalue weighted by Crippen LogP contribution is 2.29. The van der Waals surface area contributed by atoms with Crippen LogP contribution in [0.1, 0.15) is 16.7 Å². The van der Waals surface area contributed by atoms with E-state index in [1.54, 1.807) is 54.6 Å². The fraction of sp³-hybridized carbons (Fsp3) is 0.0645. The number of nitrogens with one attached hydrogen (secondary N) is 1. The number of barbiturate groups is 1. The van der Waals surface area contributed by atoms with Gasteiger partial charge in [-0.3, -0.25) is 14.9 Å². The Hall–Kier alpha value is -3.92. The number of hydrogen-bond donors (Lipinski definition) is 1. The lowest BCUT2D eigenvalue weighted by atomic mass is 10.1. The molecule has 1 N–H and O–H groups in total. The van der Waals surface area contributed by atoms with Gasteiger partial charge in [0.15, 0.2) is 0 Å². The number of ether oxygens (including phenoxy) is 2. The molecule has 1 saturated heterocycles. The van der Waals surface area contributed by atoms with Crippen molar-refractivity contribution in [1.29, 1.82) is 0 Å². The molecule has 206 valence electrons. The van der Waals surface area contributed by atoms with Gasteiger partial charge in [0.05, 0.1) is 10.2 Å². The van der Waals surface area contributed by atoms with E-state index in [0.717, 1.165) is 20.5 Å². The zero-order chi connectivity index (χ0) is 28.9. The molecule has 7 nitrogen and oxygen atoms in total. The summed E-state index contributed by atoms with van der Waals surface area (Å²) in [6.07, 6.45) is 1.43. The molecule has 0 unspecified atom stereocenters. The fourth-order valence-corrected chi connectivity index (χ4v) is 4.86. The Morgan fingerprint density at radius 2 is 1.41 bits per heavy atom. The van der Waals surface area contributed by atoms with E-state index in [1.807, 2.05) is 36.4 Å². The van der Waals surface area contributed by atoms with Crippen molar-refractivity contribution < 1.29 is 23.9 Å². The van der Waals surface area contributed by atoms with Crippen molar-refractivity contribution in [2.45, 2.75) is 13.2 Å². The standard InChI is InChI=1S/C31H21Br2ClN2O5/c32-22-6-1-19(2-7-22)17-40-25-12-10-24(11-13-25)36-30(38)26(29(37)35-31(36)39)15-21-5-14-28(27(33)16-21)41-18-20-3-8-23(34)9-4-20/h1-16H,17-18H2,(H,35,37,39)/b26-15+. The molecule has 0 saturated carbocycles. The summed E-state index contributed by atoms with van der Waals surface area (Å²) in [4.78, 5) is 39.5. The summed E-state index contributed by atoms with van der Waals surface area (Å²) in [5.41, 5.74) is 2.63. The molecule has 0 radical (unpaired) electrons. The van der Waals surface area contributed by atoms with E-state index in [2.05, 4.69) is 37.2 Å².